The van der Waals surface area contributed by atoms with Crippen LogP contribution in [0.1, 0.15) is 31.3 Å². The van der Waals surface area contributed by atoms with Crippen molar-refractivity contribution < 1.29 is 18.3 Å². The minimum atomic E-state index is -2.89. The Bertz CT molecular complexity index is 705. The molecule has 0 aliphatic rings. The molecule has 2 N–H and O–H groups in total. The molecule has 7 nitrogen and oxygen atoms in total. The zero-order chi connectivity index (χ0) is 17.7. The molecule has 1 aromatic carbocycles. The molecule has 9 heteroatoms. The minimum Gasteiger partial charge on any atom is -0.435 e. The van der Waals surface area contributed by atoms with Crippen LogP contribution in [0.4, 0.5) is 19.3 Å². The van der Waals surface area contributed by atoms with Gasteiger partial charge in [-0.3, -0.25) is 0 Å². The van der Waals surface area contributed by atoms with E-state index in [2.05, 4.69) is 25.5 Å². The Balaban J connectivity index is 1.99. The molecule has 0 unspecified atom stereocenters. The fourth-order valence-corrected chi connectivity index (χ4v) is 2.22. The lowest BCUT2D eigenvalue weighted by atomic mass is 10.2. The Morgan fingerprint density at radius 3 is 2.79 bits per heavy atom. The maximum absolute atomic E-state index is 12.2. The second kappa shape index (κ2) is 7.71. The van der Waals surface area contributed by atoms with Crippen LogP contribution in [0.2, 0.25) is 0 Å². The van der Waals surface area contributed by atoms with Crippen LogP contribution in [0.25, 0.3) is 0 Å². The van der Waals surface area contributed by atoms with Gasteiger partial charge in [-0.15, -0.1) is 0 Å². The number of carbonyl (C=O) groups excluding carboxylic acids is 1. The first-order valence-electron chi connectivity index (χ1n) is 7.41. The Hall–Kier alpha value is -2.71. The van der Waals surface area contributed by atoms with Gasteiger partial charge in [-0.25, -0.2) is 14.5 Å². The maximum atomic E-state index is 12.2. The smallest absolute Gasteiger partial charge is 0.387 e. The van der Waals surface area contributed by atoms with E-state index in [1.54, 1.807) is 18.5 Å². The molecule has 0 spiro atoms. The van der Waals surface area contributed by atoms with Crippen molar-refractivity contribution in [2.75, 3.05) is 5.32 Å². The van der Waals surface area contributed by atoms with Crippen molar-refractivity contribution in [3.8, 4) is 5.75 Å². The fourth-order valence-electron chi connectivity index (χ4n) is 2.22. The predicted octanol–water partition coefficient (Wildman–Crippen LogP) is 3.09. The van der Waals surface area contributed by atoms with Crippen LogP contribution >= 0.6 is 0 Å². The number of nitrogens with one attached hydrogen (secondary N) is 2. The standard InChI is InChI=1S/C15H19F2N5O2/c1-4-22-13(18-8-19-22)10(3)20-15(23)21-12-6-5-11(7-9(12)2)24-14(16)17/h5-8,10,14H,4H2,1-3H3,(H2,20,21,23)/t10-/m0/s1. The number of aromatic nitrogens is 3. The Labute approximate surface area is 138 Å². The van der Waals surface area contributed by atoms with Crippen molar-refractivity contribution in [1.82, 2.24) is 20.1 Å². The van der Waals surface area contributed by atoms with Crippen molar-refractivity contribution in [3.63, 3.8) is 0 Å². The number of halogens is 2. The van der Waals surface area contributed by atoms with Crippen LogP contribution in [0.3, 0.4) is 0 Å². The van der Waals surface area contributed by atoms with E-state index in [9.17, 15) is 13.6 Å². The first-order valence-corrected chi connectivity index (χ1v) is 7.41. The van der Waals surface area contributed by atoms with Crippen LogP contribution in [0.15, 0.2) is 24.5 Å². The zero-order valence-electron chi connectivity index (χ0n) is 13.6. The lowest BCUT2D eigenvalue weighted by Crippen LogP contribution is -2.32. The summed E-state index contributed by atoms with van der Waals surface area (Å²) in [6, 6.07) is 3.53. The minimum absolute atomic E-state index is 0.0397. The lowest BCUT2D eigenvalue weighted by molar-refractivity contribution is -0.0498. The third-order valence-electron chi connectivity index (χ3n) is 3.35. The molecule has 0 radical (unpaired) electrons. The summed E-state index contributed by atoms with van der Waals surface area (Å²) in [5.41, 5.74) is 1.10. The number of urea groups is 1. The van der Waals surface area contributed by atoms with E-state index in [-0.39, 0.29) is 11.8 Å². The van der Waals surface area contributed by atoms with E-state index in [0.717, 1.165) is 0 Å². The molecule has 2 aromatic rings. The Morgan fingerprint density at radius 2 is 2.17 bits per heavy atom. The molecule has 2 rings (SSSR count). The maximum Gasteiger partial charge on any atom is 0.387 e. The third kappa shape index (κ3) is 4.40. The van der Waals surface area contributed by atoms with Crippen molar-refractivity contribution in [2.24, 2.45) is 0 Å². The highest BCUT2D eigenvalue weighted by atomic mass is 19.3. The Kier molecular flexibility index (Phi) is 5.67. The van der Waals surface area contributed by atoms with Gasteiger partial charge in [0, 0.05) is 12.2 Å². The summed E-state index contributed by atoms with van der Waals surface area (Å²) in [7, 11) is 0. The number of rotatable bonds is 6. The normalized spacial score (nSPS) is 12.1. The molecule has 0 saturated carbocycles. The summed E-state index contributed by atoms with van der Waals surface area (Å²) in [6.45, 7) is 3.17. The second-order valence-electron chi connectivity index (χ2n) is 5.11. The number of aryl methyl sites for hydroxylation is 2. The number of carbonyl (C=O) groups is 1. The van der Waals surface area contributed by atoms with Crippen molar-refractivity contribution in [1.29, 1.82) is 0 Å². The first kappa shape index (κ1) is 17.6. The predicted molar refractivity (Wildman–Crippen MR) is 84.1 cm³/mol. The fraction of sp³-hybridized carbons (Fsp3) is 0.400. The number of alkyl halides is 2. The monoisotopic (exact) mass is 339 g/mol. The van der Waals surface area contributed by atoms with Crippen molar-refractivity contribution in [2.45, 2.75) is 40.0 Å². The van der Waals surface area contributed by atoms with Crippen LogP contribution in [-0.2, 0) is 6.54 Å². The number of ether oxygens (including phenoxy) is 1. The summed E-state index contributed by atoms with van der Waals surface area (Å²) in [6.07, 6.45) is 1.43. The highest BCUT2D eigenvalue weighted by Gasteiger charge is 2.15. The SMILES string of the molecule is CCn1ncnc1[C@H](C)NC(=O)Nc1ccc(OC(F)F)cc1C. The Morgan fingerprint density at radius 1 is 1.42 bits per heavy atom. The van der Waals surface area contributed by atoms with Crippen LogP contribution in [-0.4, -0.2) is 27.4 Å². The topological polar surface area (TPSA) is 81.1 Å². The molecule has 0 aliphatic carbocycles. The number of nitrogens with zero attached hydrogens (tertiary/aromatic N) is 3. The quantitative estimate of drug-likeness (QED) is 0.847. The van der Waals surface area contributed by atoms with Gasteiger partial charge in [0.1, 0.15) is 17.9 Å². The van der Waals surface area contributed by atoms with Crippen LogP contribution < -0.4 is 15.4 Å². The summed E-state index contributed by atoms with van der Waals surface area (Å²) >= 11 is 0. The molecule has 0 bridgehead atoms. The highest BCUT2D eigenvalue weighted by molar-refractivity contribution is 5.90. The summed E-state index contributed by atoms with van der Waals surface area (Å²) < 4.78 is 30.4. The molecule has 1 atom stereocenters. The van der Waals surface area contributed by atoms with E-state index in [4.69, 9.17) is 0 Å². The summed E-state index contributed by atoms with van der Waals surface area (Å²) in [5, 5.41) is 9.48. The number of benzene rings is 1. The van der Waals surface area contributed by atoms with Gasteiger partial charge in [-0.1, -0.05) is 0 Å². The number of anilines is 1. The van der Waals surface area contributed by atoms with E-state index in [1.165, 1.54) is 24.5 Å². The van der Waals surface area contributed by atoms with Crippen molar-refractivity contribution in [3.05, 3.63) is 35.9 Å². The molecule has 1 aromatic heterocycles. The average Bonchev–Trinajstić information content (AvgIpc) is 2.98. The number of amides is 2. The second-order valence-corrected chi connectivity index (χ2v) is 5.11. The van der Waals surface area contributed by atoms with Gasteiger partial charge in [-0.2, -0.15) is 13.9 Å². The molecule has 0 saturated heterocycles. The van der Waals surface area contributed by atoms with Gasteiger partial charge < -0.3 is 15.4 Å². The molecule has 2 amide bonds. The van der Waals surface area contributed by atoms with E-state index in [0.29, 0.717) is 23.6 Å². The lowest BCUT2D eigenvalue weighted by Gasteiger charge is -2.16. The van der Waals surface area contributed by atoms with Gasteiger partial charge in [-0.05, 0) is 44.5 Å². The van der Waals surface area contributed by atoms with Gasteiger partial charge in [0.25, 0.3) is 0 Å². The zero-order valence-corrected chi connectivity index (χ0v) is 13.6. The van der Waals surface area contributed by atoms with Crippen LogP contribution in [0, 0.1) is 6.92 Å². The molecule has 1 heterocycles. The number of hydrogen-bond donors (Lipinski definition) is 2. The summed E-state index contributed by atoms with van der Waals surface area (Å²) in [4.78, 5) is 16.2. The van der Waals surface area contributed by atoms with E-state index in [1.807, 2.05) is 6.92 Å². The third-order valence-corrected chi connectivity index (χ3v) is 3.35. The average molecular weight is 339 g/mol. The van der Waals surface area contributed by atoms with E-state index >= 15 is 0 Å². The van der Waals surface area contributed by atoms with Gasteiger partial charge in [0.05, 0.1) is 6.04 Å². The molecular weight excluding hydrogens is 320 g/mol. The molecular formula is C15H19F2N5O2. The van der Waals surface area contributed by atoms with Gasteiger partial charge in [0.2, 0.25) is 0 Å². The number of hydrogen-bond acceptors (Lipinski definition) is 4. The van der Waals surface area contributed by atoms with Crippen molar-refractivity contribution >= 4 is 11.7 Å². The summed E-state index contributed by atoms with van der Waals surface area (Å²) in [5.74, 6) is 0.683. The first-order chi connectivity index (χ1) is 11.4. The molecule has 0 fully saturated rings. The largest absolute Gasteiger partial charge is 0.435 e. The molecule has 0 aliphatic heterocycles. The highest BCUT2D eigenvalue weighted by Crippen LogP contribution is 2.22. The van der Waals surface area contributed by atoms with E-state index < -0.39 is 12.6 Å². The van der Waals surface area contributed by atoms with Gasteiger partial charge in [0.15, 0.2) is 0 Å². The van der Waals surface area contributed by atoms with Crippen LogP contribution in [0.5, 0.6) is 5.75 Å². The molecule has 24 heavy (non-hydrogen) atoms. The molecule has 130 valence electrons. The van der Waals surface area contributed by atoms with Gasteiger partial charge >= 0.3 is 12.6 Å².